The molecular formula is C12H15N3O4S. The quantitative estimate of drug-likeness (QED) is 0.873. The standard InChI is InChI=1S/C12H15N3O4S/c1-14(2)20(18,19)7-6-15-8-13-10-5-3-4-9(11(10)15)12(16)17/h3-5,8H,6-7H2,1-2H3,(H,16,17). The number of imidazole rings is 1. The lowest BCUT2D eigenvalue weighted by atomic mass is 10.2. The Morgan fingerprint density at radius 1 is 1.40 bits per heavy atom. The predicted molar refractivity (Wildman–Crippen MR) is 74.2 cm³/mol. The maximum Gasteiger partial charge on any atom is 0.337 e. The second-order valence-electron chi connectivity index (χ2n) is 4.51. The summed E-state index contributed by atoms with van der Waals surface area (Å²) in [7, 11) is -0.414. The minimum Gasteiger partial charge on any atom is -0.478 e. The first kappa shape index (κ1) is 14.5. The molecule has 1 aromatic heterocycles. The highest BCUT2D eigenvalue weighted by Crippen LogP contribution is 2.18. The van der Waals surface area contributed by atoms with Gasteiger partial charge in [-0.15, -0.1) is 0 Å². The lowest BCUT2D eigenvalue weighted by Gasteiger charge is -2.12. The van der Waals surface area contributed by atoms with E-state index in [0.29, 0.717) is 11.0 Å². The molecule has 0 spiro atoms. The van der Waals surface area contributed by atoms with Crippen LogP contribution in [0.1, 0.15) is 10.4 Å². The van der Waals surface area contributed by atoms with E-state index in [1.807, 2.05) is 0 Å². The van der Waals surface area contributed by atoms with Crippen LogP contribution in [-0.2, 0) is 16.6 Å². The smallest absolute Gasteiger partial charge is 0.337 e. The number of aromatic carboxylic acids is 1. The van der Waals surface area contributed by atoms with E-state index < -0.39 is 16.0 Å². The molecule has 0 atom stereocenters. The van der Waals surface area contributed by atoms with Gasteiger partial charge in [-0.3, -0.25) is 0 Å². The number of fused-ring (bicyclic) bond motifs is 1. The van der Waals surface area contributed by atoms with Gasteiger partial charge in [0.25, 0.3) is 0 Å². The Morgan fingerprint density at radius 2 is 2.10 bits per heavy atom. The number of aromatic nitrogens is 2. The summed E-state index contributed by atoms with van der Waals surface area (Å²) in [6, 6.07) is 4.78. The largest absolute Gasteiger partial charge is 0.478 e. The second kappa shape index (κ2) is 5.22. The maximum absolute atomic E-state index is 11.8. The first-order valence-corrected chi connectivity index (χ1v) is 7.51. The van der Waals surface area contributed by atoms with Gasteiger partial charge in [0.05, 0.1) is 28.7 Å². The second-order valence-corrected chi connectivity index (χ2v) is 6.82. The van der Waals surface area contributed by atoms with Crippen LogP contribution in [-0.4, -0.2) is 53.2 Å². The third-order valence-electron chi connectivity index (χ3n) is 3.02. The Balaban J connectivity index is 2.39. The third kappa shape index (κ3) is 2.66. The number of hydrogen-bond acceptors (Lipinski definition) is 4. The Bertz CT molecular complexity index is 749. The van der Waals surface area contributed by atoms with Gasteiger partial charge in [0.1, 0.15) is 0 Å². The van der Waals surface area contributed by atoms with Crippen LogP contribution in [0.15, 0.2) is 24.5 Å². The zero-order chi connectivity index (χ0) is 14.9. The van der Waals surface area contributed by atoms with Crippen LogP contribution in [0.5, 0.6) is 0 Å². The fourth-order valence-electron chi connectivity index (χ4n) is 1.87. The van der Waals surface area contributed by atoms with Gasteiger partial charge in [0.15, 0.2) is 0 Å². The predicted octanol–water partition coefficient (Wildman–Crippen LogP) is 0.626. The summed E-state index contributed by atoms with van der Waals surface area (Å²) in [5, 5.41) is 9.17. The van der Waals surface area contributed by atoms with E-state index in [1.165, 1.54) is 26.5 Å². The van der Waals surface area contributed by atoms with Crippen molar-refractivity contribution in [2.75, 3.05) is 19.8 Å². The summed E-state index contributed by atoms with van der Waals surface area (Å²) in [5.41, 5.74) is 1.09. The highest BCUT2D eigenvalue weighted by molar-refractivity contribution is 7.89. The average Bonchev–Trinajstić information content (AvgIpc) is 2.79. The number of hydrogen-bond donors (Lipinski definition) is 1. The molecule has 0 fully saturated rings. The van der Waals surface area contributed by atoms with E-state index in [1.54, 1.807) is 16.7 Å². The number of carboxylic acids is 1. The van der Waals surface area contributed by atoms with Gasteiger partial charge in [-0.2, -0.15) is 0 Å². The molecule has 0 bridgehead atoms. The first-order valence-electron chi connectivity index (χ1n) is 5.90. The number of carbonyl (C=O) groups is 1. The molecule has 8 heteroatoms. The van der Waals surface area contributed by atoms with Crippen molar-refractivity contribution < 1.29 is 18.3 Å². The molecule has 0 unspecified atom stereocenters. The summed E-state index contributed by atoms with van der Waals surface area (Å²) in [6.07, 6.45) is 1.46. The zero-order valence-corrected chi connectivity index (χ0v) is 12.0. The molecule has 1 N–H and O–H groups in total. The molecule has 2 aromatic rings. The number of rotatable bonds is 5. The highest BCUT2D eigenvalue weighted by Gasteiger charge is 2.17. The van der Waals surface area contributed by atoms with Crippen molar-refractivity contribution in [1.82, 2.24) is 13.9 Å². The molecule has 1 heterocycles. The number of sulfonamides is 1. The molecule has 108 valence electrons. The van der Waals surface area contributed by atoms with Crippen LogP contribution in [0.4, 0.5) is 0 Å². The minimum atomic E-state index is -3.34. The Labute approximate surface area is 116 Å². The number of carboxylic acid groups (broad SMARTS) is 1. The van der Waals surface area contributed by atoms with Crippen molar-refractivity contribution in [3.05, 3.63) is 30.1 Å². The molecule has 0 aliphatic heterocycles. The van der Waals surface area contributed by atoms with Crippen molar-refractivity contribution in [3.63, 3.8) is 0 Å². The van der Waals surface area contributed by atoms with E-state index in [4.69, 9.17) is 0 Å². The fourth-order valence-corrected chi connectivity index (χ4v) is 2.66. The molecule has 0 amide bonds. The molecule has 0 aliphatic rings. The van der Waals surface area contributed by atoms with E-state index in [9.17, 15) is 18.3 Å². The molecule has 0 saturated heterocycles. The molecule has 0 aliphatic carbocycles. The topological polar surface area (TPSA) is 92.5 Å². The van der Waals surface area contributed by atoms with E-state index in [0.717, 1.165) is 4.31 Å². The van der Waals surface area contributed by atoms with Crippen LogP contribution < -0.4 is 0 Å². The van der Waals surface area contributed by atoms with Gasteiger partial charge >= 0.3 is 5.97 Å². The van der Waals surface area contributed by atoms with Crippen LogP contribution >= 0.6 is 0 Å². The summed E-state index contributed by atoms with van der Waals surface area (Å²) in [5.74, 6) is -1.17. The normalized spacial score (nSPS) is 12.2. The van der Waals surface area contributed by atoms with Crippen molar-refractivity contribution in [1.29, 1.82) is 0 Å². The van der Waals surface area contributed by atoms with Crippen molar-refractivity contribution in [2.45, 2.75) is 6.54 Å². The summed E-state index contributed by atoms with van der Waals surface area (Å²) in [6.45, 7) is 0.154. The number of nitrogens with zero attached hydrogens (tertiary/aromatic N) is 3. The summed E-state index contributed by atoms with van der Waals surface area (Å²) < 4.78 is 26.2. The first-order chi connectivity index (χ1) is 9.33. The SMILES string of the molecule is CN(C)S(=O)(=O)CCn1cnc2cccc(C(=O)O)c21. The average molecular weight is 297 g/mol. The molecule has 20 heavy (non-hydrogen) atoms. The van der Waals surface area contributed by atoms with Crippen LogP contribution in [0.2, 0.25) is 0 Å². The van der Waals surface area contributed by atoms with Gasteiger partial charge in [0.2, 0.25) is 10.0 Å². The van der Waals surface area contributed by atoms with Gasteiger partial charge in [-0.05, 0) is 12.1 Å². The van der Waals surface area contributed by atoms with Crippen molar-refractivity contribution in [2.24, 2.45) is 0 Å². The Kier molecular flexibility index (Phi) is 3.78. The zero-order valence-electron chi connectivity index (χ0n) is 11.1. The van der Waals surface area contributed by atoms with E-state index in [-0.39, 0.29) is 17.9 Å². The Hall–Kier alpha value is -1.93. The molecule has 1 aromatic carbocycles. The van der Waals surface area contributed by atoms with Crippen LogP contribution in [0, 0.1) is 0 Å². The third-order valence-corrected chi connectivity index (χ3v) is 4.83. The number of aryl methyl sites for hydroxylation is 1. The fraction of sp³-hybridized carbons (Fsp3) is 0.333. The minimum absolute atomic E-state index is 0.112. The molecule has 0 saturated carbocycles. The summed E-state index contributed by atoms with van der Waals surface area (Å²) in [4.78, 5) is 15.3. The van der Waals surface area contributed by atoms with Gasteiger partial charge in [-0.25, -0.2) is 22.5 Å². The lowest BCUT2D eigenvalue weighted by molar-refractivity contribution is 0.0698. The van der Waals surface area contributed by atoms with Crippen molar-refractivity contribution in [3.8, 4) is 0 Å². The van der Waals surface area contributed by atoms with Gasteiger partial charge in [0, 0.05) is 20.6 Å². The molecular weight excluding hydrogens is 282 g/mol. The van der Waals surface area contributed by atoms with E-state index in [2.05, 4.69) is 4.98 Å². The maximum atomic E-state index is 11.8. The van der Waals surface area contributed by atoms with Crippen LogP contribution in [0.25, 0.3) is 11.0 Å². The number of para-hydroxylation sites is 1. The summed E-state index contributed by atoms with van der Waals surface area (Å²) >= 11 is 0. The van der Waals surface area contributed by atoms with Crippen molar-refractivity contribution >= 4 is 27.0 Å². The monoisotopic (exact) mass is 297 g/mol. The lowest BCUT2D eigenvalue weighted by Crippen LogP contribution is -2.27. The molecule has 7 nitrogen and oxygen atoms in total. The number of benzene rings is 1. The Morgan fingerprint density at radius 3 is 2.70 bits per heavy atom. The highest BCUT2D eigenvalue weighted by atomic mass is 32.2. The van der Waals surface area contributed by atoms with E-state index >= 15 is 0 Å². The van der Waals surface area contributed by atoms with Gasteiger partial charge < -0.3 is 9.67 Å². The molecule has 2 rings (SSSR count). The van der Waals surface area contributed by atoms with Crippen LogP contribution in [0.3, 0.4) is 0 Å². The van der Waals surface area contributed by atoms with Gasteiger partial charge in [-0.1, -0.05) is 6.07 Å². The molecule has 0 radical (unpaired) electrons.